The molecule has 0 saturated heterocycles. The van der Waals surface area contributed by atoms with Gasteiger partial charge in [0.2, 0.25) is 0 Å². The van der Waals surface area contributed by atoms with Crippen LogP contribution in [0.1, 0.15) is 49.1 Å². The van der Waals surface area contributed by atoms with Gasteiger partial charge in [0.1, 0.15) is 0 Å². The van der Waals surface area contributed by atoms with Crippen molar-refractivity contribution in [3.63, 3.8) is 0 Å². The van der Waals surface area contributed by atoms with Gasteiger partial charge in [0.25, 0.3) is 0 Å². The van der Waals surface area contributed by atoms with Crippen LogP contribution in [0.4, 0.5) is 0 Å². The van der Waals surface area contributed by atoms with Crippen molar-refractivity contribution in [3.05, 3.63) is 33.0 Å². The number of hydrogen-bond acceptors (Lipinski definition) is 4. The van der Waals surface area contributed by atoms with Gasteiger partial charge in [-0.2, -0.15) is 5.10 Å². The van der Waals surface area contributed by atoms with Crippen LogP contribution >= 0.6 is 22.9 Å². The van der Waals surface area contributed by atoms with Crippen molar-refractivity contribution < 1.29 is 0 Å². The van der Waals surface area contributed by atoms with Crippen LogP contribution in [-0.2, 0) is 0 Å². The molecule has 0 radical (unpaired) electrons. The van der Waals surface area contributed by atoms with Crippen LogP contribution in [0.3, 0.4) is 0 Å². The molecule has 1 N–H and O–H groups in total. The number of halogens is 1. The zero-order valence-electron chi connectivity index (χ0n) is 11.6. The number of rotatable bonds is 5. The van der Waals surface area contributed by atoms with Crippen LogP contribution in [0, 0.1) is 6.92 Å². The predicted molar refractivity (Wildman–Crippen MR) is 80.0 cm³/mol. The first-order chi connectivity index (χ1) is 9.06. The normalized spacial score (nSPS) is 13.2. The molecule has 2 rings (SSSR count). The highest BCUT2D eigenvalue weighted by Gasteiger charge is 2.25. The SMILES string of the molecule is CCNC(c1scnc1C)c1c(Cl)cnn1C(C)C. The van der Waals surface area contributed by atoms with E-state index in [1.807, 2.05) is 17.1 Å². The largest absolute Gasteiger partial charge is 0.304 e. The summed E-state index contributed by atoms with van der Waals surface area (Å²) in [7, 11) is 0. The Balaban J connectivity index is 2.51. The lowest BCUT2D eigenvalue weighted by Gasteiger charge is -2.21. The molecular formula is C13H19ClN4S. The van der Waals surface area contributed by atoms with E-state index < -0.39 is 0 Å². The summed E-state index contributed by atoms with van der Waals surface area (Å²) in [6.07, 6.45) is 1.72. The Hall–Kier alpha value is -0.910. The summed E-state index contributed by atoms with van der Waals surface area (Å²) in [4.78, 5) is 5.54. The fourth-order valence-corrected chi connectivity index (χ4v) is 3.26. The molecule has 0 spiro atoms. The molecular weight excluding hydrogens is 280 g/mol. The predicted octanol–water partition coefficient (Wildman–Crippen LogP) is 3.58. The van der Waals surface area contributed by atoms with Crippen molar-refractivity contribution in [1.82, 2.24) is 20.1 Å². The fraction of sp³-hybridized carbons (Fsp3) is 0.538. The van der Waals surface area contributed by atoms with Gasteiger partial charge in [0.15, 0.2) is 0 Å². The average molecular weight is 299 g/mol. The van der Waals surface area contributed by atoms with E-state index in [2.05, 4.69) is 36.2 Å². The number of hydrogen-bond donors (Lipinski definition) is 1. The van der Waals surface area contributed by atoms with Gasteiger partial charge < -0.3 is 5.32 Å². The van der Waals surface area contributed by atoms with Gasteiger partial charge in [-0.15, -0.1) is 11.3 Å². The van der Waals surface area contributed by atoms with Crippen molar-refractivity contribution in [3.8, 4) is 0 Å². The average Bonchev–Trinajstić information content (AvgIpc) is 2.93. The summed E-state index contributed by atoms with van der Waals surface area (Å²) in [5, 5.41) is 8.58. The zero-order valence-corrected chi connectivity index (χ0v) is 13.2. The molecule has 6 heteroatoms. The summed E-state index contributed by atoms with van der Waals surface area (Å²) < 4.78 is 1.98. The van der Waals surface area contributed by atoms with Crippen LogP contribution in [0.5, 0.6) is 0 Å². The van der Waals surface area contributed by atoms with Gasteiger partial charge in [-0.05, 0) is 27.3 Å². The van der Waals surface area contributed by atoms with Gasteiger partial charge in [-0.3, -0.25) is 4.68 Å². The van der Waals surface area contributed by atoms with E-state index in [4.69, 9.17) is 11.6 Å². The number of nitrogens with one attached hydrogen (secondary N) is 1. The van der Waals surface area contributed by atoms with Gasteiger partial charge in [0, 0.05) is 6.04 Å². The van der Waals surface area contributed by atoms with Crippen molar-refractivity contribution >= 4 is 22.9 Å². The van der Waals surface area contributed by atoms with Gasteiger partial charge in [-0.25, -0.2) is 4.98 Å². The van der Waals surface area contributed by atoms with Crippen LogP contribution in [-0.4, -0.2) is 21.3 Å². The van der Waals surface area contributed by atoms with Gasteiger partial charge >= 0.3 is 0 Å². The molecule has 2 aromatic heterocycles. The second-order valence-electron chi connectivity index (χ2n) is 4.71. The van der Waals surface area contributed by atoms with Crippen LogP contribution in [0.15, 0.2) is 11.7 Å². The Morgan fingerprint density at radius 1 is 1.47 bits per heavy atom. The molecule has 0 saturated carbocycles. The topological polar surface area (TPSA) is 42.7 Å². The third-order valence-electron chi connectivity index (χ3n) is 3.00. The molecule has 0 amide bonds. The first-order valence-corrected chi connectivity index (χ1v) is 7.68. The summed E-state index contributed by atoms with van der Waals surface area (Å²) >= 11 is 8.00. The Labute approximate surface area is 122 Å². The molecule has 4 nitrogen and oxygen atoms in total. The minimum absolute atomic E-state index is 0.0508. The Bertz CT molecular complexity index is 547. The van der Waals surface area contributed by atoms with E-state index >= 15 is 0 Å². The van der Waals surface area contributed by atoms with E-state index in [1.165, 1.54) is 4.88 Å². The highest BCUT2D eigenvalue weighted by Crippen LogP contribution is 2.33. The maximum Gasteiger partial charge on any atom is 0.0876 e. The molecule has 0 aromatic carbocycles. The Kier molecular flexibility index (Phi) is 4.60. The third-order valence-corrected chi connectivity index (χ3v) is 4.29. The second kappa shape index (κ2) is 6.03. The summed E-state index contributed by atoms with van der Waals surface area (Å²) in [6, 6.07) is 0.326. The standard InChI is InChI=1S/C13H19ClN4S/c1-5-15-11(13-9(4)16-7-19-13)12-10(14)6-17-18(12)8(2)3/h6-8,11,15H,5H2,1-4H3. The Morgan fingerprint density at radius 2 is 2.21 bits per heavy atom. The third kappa shape index (κ3) is 2.83. The molecule has 1 atom stereocenters. The number of nitrogens with zero attached hydrogens (tertiary/aromatic N) is 3. The lowest BCUT2D eigenvalue weighted by Crippen LogP contribution is -2.25. The highest BCUT2D eigenvalue weighted by molar-refractivity contribution is 7.09. The first kappa shape index (κ1) is 14.5. The van der Waals surface area contributed by atoms with E-state index in [9.17, 15) is 0 Å². The number of aryl methyl sites for hydroxylation is 1. The quantitative estimate of drug-likeness (QED) is 0.917. The molecule has 0 bridgehead atoms. The number of thiazole rings is 1. The van der Waals surface area contributed by atoms with E-state index in [1.54, 1.807) is 17.5 Å². The smallest absolute Gasteiger partial charge is 0.0876 e. The van der Waals surface area contributed by atoms with Crippen LogP contribution in [0.2, 0.25) is 5.02 Å². The van der Waals surface area contributed by atoms with Crippen LogP contribution in [0.25, 0.3) is 0 Å². The minimum atomic E-state index is 0.0508. The molecule has 0 aliphatic carbocycles. The maximum absolute atomic E-state index is 6.35. The molecule has 1 unspecified atom stereocenters. The molecule has 0 aliphatic rings. The first-order valence-electron chi connectivity index (χ1n) is 6.42. The molecule has 19 heavy (non-hydrogen) atoms. The van der Waals surface area contributed by atoms with Crippen molar-refractivity contribution in [1.29, 1.82) is 0 Å². The van der Waals surface area contributed by atoms with Crippen molar-refractivity contribution in [2.45, 2.75) is 39.8 Å². The van der Waals surface area contributed by atoms with Gasteiger partial charge in [-0.1, -0.05) is 18.5 Å². The molecule has 104 valence electrons. The monoisotopic (exact) mass is 298 g/mol. The second-order valence-corrected chi connectivity index (χ2v) is 6.00. The van der Waals surface area contributed by atoms with Crippen molar-refractivity contribution in [2.24, 2.45) is 0 Å². The van der Waals surface area contributed by atoms with Crippen molar-refractivity contribution in [2.75, 3.05) is 6.54 Å². The molecule has 0 aliphatic heterocycles. The summed E-state index contributed by atoms with van der Waals surface area (Å²) in [5.41, 5.74) is 3.94. The zero-order chi connectivity index (χ0) is 14.0. The fourth-order valence-electron chi connectivity index (χ4n) is 2.14. The Morgan fingerprint density at radius 3 is 2.74 bits per heavy atom. The summed E-state index contributed by atoms with van der Waals surface area (Å²) in [6.45, 7) is 9.19. The minimum Gasteiger partial charge on any atom is -0.304 e. The van der Waals surface area contributed by atoms with E-state index in [0.717, 1.165) is 17.9 Å². The summed E-state index contributed by atoms with van der Waals surface area (Å²) in [5.74, 6) is 0. The molecule has 2 aromatic rings. The lowest BCUT2D eigenvalue weighted by atomic mass is 10.1. The van der Waals surface area contributed by atoms with Gasteiger partial charge in [0.05, 0.1) is 39.0 Å². The maximum atomic E-state index is 6.35. The molecule has 0 fully saturated rings. The van der Waals surface area contributed by atoms with Crippen LogP contribution < -0.4 is 5.32 Å². The van der Waals surface area contributed by atoms with E-state index in [0.29, 0.717) is 5.02 Å². The lowest BCUT2D eigenvalue weighted by molar-refractivity contribution is 0.478. The number of aromatic nitrogens is 3. The van der Waals surface area contributed by atoms with E-state index in [-0.39, 0.29) is 12.1 Å². The highest BCUT2D eigenvalue weighted by atomic mass is 35.5. The molecule has 2 heterocycles.